The summed E-state index contributed by atoms with van der Waals surface area (Å²) in [6.45, 7) is 7.01. The molecular formula is C13H24N4O2S. The number of rotatable bonds is 8. The summed E-state index contributed by atoms with van der Waals surface area (Å²) in [5, 5.41) is 2.77. The Morgan fingerprint density at radius 2 is 1.75 bits per heavy atom. The number of nitrogens with one attached hydrogen (secondary N) is 1. The van der Waals surface area contributed by atoms with Crippen LogP contribution in [0.2, 0.25) is 0 Å². The van der Waals surface area contributed by atoms with E-state index in [1.54, 1.807) is 7.05 Å². The van der Waals surface area contributed by atoms with E-state index in [1.165, 1.54) is 16.7 Å². The highest BCUT2D eigenvalue weighted by Gasteiger charge is 2.25. The Hall–Kier alpha value is -1.21. The molecule has 0 aliphatic rings. The minimum Gasteiger partial charge on any atom is -0.357 e. The van der Waals surface area contributed by atoms with E-state index in [-0.39, 0.29) is 4.90 Å². The number of anilines is 1. The first-order chi connectivity index (χ1) is 9.49. The van der Waals surface area contributed by atoms with Gasteiger partial charge in [0.25, 0.3) is 0 Å². The molecular weight excluding hydrogens is 276 g/mol. The molecule has 0 aromatic carbocycles. The van der Waals surface area contributed by atoms with Crippen LogP contribution >= 0.6 is 0 Å². The fourth-order valence-corrected chi connectivity index (χ4v) is 3.38. The number of nitrogens with zero attached hydrogens (tertiary/aromatic N) is 3. The molecule has 0 atom stereocenters. The molecule has 6 nitrogen and oxygen atoms in total. The lowest BCUT2D eigenvalue weighted by atomic mass is 10.0. The fourth-order valence-electron chi connectivity index (χ4n) is 1.96. The molecule has 0 spiro atoms. The van der Waals surface area contributed by atoms with E-state index in [4.69, 9.17) is 0 Å². The third kappa shape index (κ3) is 3.89. The van der Waals surface area contributed by atoms with Crippen molar-refractivity contribution in [2.45, 2.75) is 38.5 Å². The summed E-state index contributed by atoms with van der Waals surface area (Å²) in [4.78, 5) is 8.09. The van der Waals surface area contributed by atoms with Crippen LogP contribution in [0, 0.1) is 5.92 Å². The first-order valence-electron chi connectivity index (χ1n) is 6.99. The van der Waals surface area contributed by atoms with Crippen LogP contribution in [0.5, 0.6) is 0 Å². The quantitative estimate of drug-likeness (QED) is 0.794. The van der Waals surface area contributed by atoms with E-state index in [1.807, 2.05) is 6.92 Å². The zero-order chi connectivity index (χ0) is 15.2. The van der Waals surface area contributed by atoms with Gasteiger partial charge in [-0.1, -0.05) is 33.6 Å². The van der Waals surface area contributed by atoms with Gasteiger partial charge >= 0.3 is 0 Å². The summed E-state index contributed by atoms with van der Waals surface area (Å²) in [7, 11) is -1.82. The minimum atomic E-state index is -3.51. The molecule has 1 aromatic rings. The van der Waals surface area contributed by atoms with E-state index in [2.05, 4.69) is 29.1 Å². The summed E-state index contributed by atoms with van der Waals surface area (Å²) in [5.41, 5.74) is 0. The first-order valence-corrected chi connectivity index (χ1v) is 8.43. The molecule has 0 saturated heterocycles. The Morgan fingerprint density at radius 1 is 1.20 bits per heavy atom. The zero-order valence-corrected chi connectivity index (χ0v) is 13.4. The highest BCUT2D eigenvalue weighted by atomic mass is 32.2. The van der Waals surface area contributed by atoms with Gasteiger partial charge in [-0.3, -0.25) is 0 Å². The van der Waals surface area contributed by atoms with Crippen LogP contribution in [-0.2, 0) is 10.0 Å². The van der Waals surface area contributed by atoms with E-state index in [0.717, 1.165) is 12.8 Å². The molecule has 0 radical (unpaired) electrons. The van der Waals surface area contributed by atoms with Gasteiger partial charge in [-0.2, -0.15) is 4.31 Å². The molecule has 7 heteroatoms. The van der Waals surface area contributed by atoms with Gasteiger partial charge in [0.15, 0.2) is 0 Å². The van der Waals surface area contributed by atoms with Gasteiger partial charge in [0, 0.05) is 20.1 Å². The van der Waals surface area contributed by atoms with Crippen molar-refractivity contribution in [1.82, 2.24) is 14.3 Å². The number of aromatic nitrogens is 2. The molecule has 114 valence electrons. The molecule has 0 bridgehead atoms. The lowest BCUT2D eigenvalue weighted by Gasteiger charge is -2.24. The Bertz CT molecular complexity index is 498. The maximum Gasteiger partial charge on any atom is 0.246 e. The zero-order valence-electron chi connectivity index (χ0n) is 12.6. The van der Waals surface area contributed by atoms with Crippen LogP contribution in [0.3, 0.4) is 0 Å². The average Bonchev–Trinajstić information content (AvgIpc) is 2.48. The van der Waals surface area contributed by atoms with Crippen LogP contribution in [0.15, 0.2) is 17.3 Å². The number of hydrogen-bond acceptors (Lipinski definition) is 5. The standard InChI is InChI=1S/C13H24N4O2S/c1-5-11(6-2)10-17(7-3)20(18,19)12-8-15-13(14-4)16-9-12/h8-9,11H,5-7,10H2,1-4H3,(H,14,15,16). The molecule has 20 heavy (non-hydrogen) atoms. The maximum absolute atomic E-state index is 12.6. The molecule has 1 heterocycles. The molecule has 0 unspecified atom stereocenters. The minimum absolute atomic E-state index is 0.143. The smallest absolute Gasteiger partial charge is 0.246 e. The molecule has 0 aliphatic heterocycles. The lowest BCUT2D eigenvalue weighted by Crippen LogP contribution is -2.35. The van der Waals surface area contributed by atoms with Crippen molar-refractivity contribution in [2.24, 2.45) is 5.92 Å². The summed E-state index contributed by atoms with van der Waals surface area (Å²) in [6.07, 6.45) is 4.64. The number of hydrogen-bond donors (Lipinski definition) is 1. The highest BCUT2D eigenvalue weighted by molar-refractivity contribution is 7.89. The summed E-state index contributed by atoms with van der Waals surface area (Å²) in [6, 6.07) is 0. The normalized spacial score (nSPS) is 12.1. The van der Waals surface area contributed by atoms with Gasteiger partial charge in [0.2, 0.25) is 16.0 Å². The summed E-state index contributed by atoms with van der Waals surface area (Å²) < 4.78 is 26.6. The largest absolute Gasteiger partial charge is 0.357 e. The van der Waals surface area contributed by atoms with Gasteiger partial charge in [-0.25, -0.2) is 18.4 Å². The van der Waals surface area contributed by atoms with E-state index in [0.29, 0.717) is 25.0 Å². The van der Waals surface area contributed by atoms with E-state index in [9.17, 15) is 8.42 Å². The Kier molecular flexibility index (Phi) is 6.35. The predicted molar refractivity (Wildman–Crippen MR) is 80.1 cm³/mol. The van der Waals surface area contributed by atoms with Gasteiger partial charge in [-0.15, -0.1) is 0 Å². The van der Waals surface area contributed by atoms with Crippen LogP contribution in [-0.4, -0.2) is 42.8 Å². The molecule has 1 rings (SSSR count). The van der Waals surface area contributed by atoms with Crippen molar-refractivity contribution in [3.63, 3.8) is 0 Å². The van der Waals surface area contributed by atoms with Crippen molar-refractivity contribution >= 4 is 16.0 Å². The van der Waals surface area contributed by atoms with Crippen molar-refractivity contribution in [3.05, 3.63) is 12.4 Å². The molecule has 0 aliphatic carbocycles. The topological polar surface area (TPSA) is 75.2 Å². The van der Waals surface area contributed by atoms with Crippen molar-refractivity contribution in [2.75, 3.05) is 25.5 Å². The van der Waals surface area contributed by atoms with Gasteiger partial charge in [-0.05, 0) is 5.92 Å². The third-order valence-corrected chi connectivity index (χ3v) is 5.35. The molecule has 0 amide bonds. The summed E-state index contributed by atoms with van der Waals surface area (Å²) in [5.74, 6) is 0.786. The lowest BCUT2D eigenvalue weighted by molar-refractivity contribution is 0.339. The number of sulfonamides is 1. The fraction of sp³-hybridized carbons (Fsp3) is 0.692. The second-order valence-electron chi connectivity index (χ2n) is 4.63. The van der Waals surface area contributed by atoms with Gasteiger partial charge in [0.05, 0.1) is 12.4 Å². The van der Waals surface area contributed by atoms with Gasteiger partial charge in [0.1, 0.15) is 4.90 Å². The predicted octanol–water partition coefficient (Wildman–Crippen LogP) is 1.97. The average molecular weight is 300 g/mol. The second kappa shape index (κ2) is 7.54. The summed E-state index contributed by atoms with van der Waals surface area (Å²) >= 11 is 0. The van der Waals surface area contributed by atoms with Crippen LogP contribution in [0.1, 0.15) is 33.6 Å². The van der Waals surface area contributed by atoms with Crippen molar-refractivity contribution < 1.29 is 8.42 Å². The Morgan fingerprint density at radius 3 is 2.15 bits per heavy atom. The molecule has 0 saturated carbocycles. The van der Waals surface area contributed by atoms with E-state index < -0.39 is 10.0 Å². The SMILES string of the molecule is CCC(CC)CN(CC)S(=O)(=O)c1cnc(NC)nc1. The van der Waals surface area contributed by atoms with Crippen LogP contribution < -0.4 is 5.32 Å². The maximum atomic E-state index is 12.6. The highest BCUT2D eigenvalue weighted by Crippen LogP contribution is 2.18. The Labute approximate surface area is 121 Å². The molecule has 0 fully saturated rings. The monoisotopic (exact) mass is 300 g/mol. The molecule has 1 aromatic heterocycles. The first kappa shape index (κ1) is 16.8. The van der Waals surface area contributed by atoms with Crippen molar-refractivity contribution in [3.8, 4) is 0 Å². The van der Waals surface area contributed by atoms with Crippen LogP contribution in [0.4, 0.5) is 5.95 Å². The third-order valence-electron chi connectivity index (χ3n) is 3.46. The van der Waals surface area contributed by atoms with E-state index >= 15 is 0 Å². The second-order valence-corrected chi connectivity index (χ2v) is 6.57. The Balaban J connectivity index is 2.98. The van der Waals surface area contributed by atoms with Crippen molar-refractivity contribution in [1.29, 1.82) is 0 Å². The van der Waals surface area contributed by atoms with Gasteiger partial charge < -0.3 is 5.32 Å². The molecule has 1 N–H and O–H groups in total. The van der Waals surface area contributed by atoms with Crippen LogP contribution in [0.25, 0.3) is 0 Å².